The number of hydrogen-bond acceptors (Lipinski definition) is 5. The summed E-state index contributed by atoms with van der Waals surface area (Å²) in [6, 6.07) is 5.31. The lowest BCUT2D eigenvalue weighted by molar-refractivity contribution is 0.0947. The second-order valence-electron chi connectivity index (χ2n) is 6.42. The number of methoxy groups -OCH3 is 1. The Morgan fingerprint density at radius 1 is 1.29 bits per heavy atom. The average molecular weight is 335 g/mol. The van der Waals surface area contributed by atoms with E-state index in [0.29, 0.717) is 36.1 Å². The van der Waals surface area contributed by atoms with Gasteiger partial charge in [-0.3, -0.25) is 9.69 Å². The number of carbonyl (C=O) groups is 1. The van der Waals surface area contributed by atoms with Gasteiger partial charge in [0.15, 0.2) is 11.5 Å². The second kappa shape index (κ2) is 9.49. The standard InChI is InChI=1S/C18H29N3O3/c1-14(2)13-24-16-5-4-15(12-17(16)23-3)18(22)20-8-11-21-9-6-19-7-10-21/h4-5,12,14,19H,6-11,13H2,1-3H3,(H,20,22). The molecule has 0 spiro atoms. The molecule has 0 aliphatic carbocycles. The van der Waals surface area contributed by atoms with E-state index < -0.39 is 0 Å². The van der Waals surface area contributed by atoms with Gasteiger partial charge in [0.05, 0.1) is 13.7 Å². The molecule has 1 aromatic rings. The SMILES string of the molecule is COc1cc(C(=O)NCCN2CCNCC2)ccc1OCC(C)C. The predicted octanol–water partition coefficient (Wildman–Crippen LogP) is 1.37. The van der Waals surface area contributed by atoms with Crippen molar-refractivity contribution in [1.29, 1.82) is 0 Å². The molecule has 6 heteroatoms. The Kier molecular flexibility index (Phi) is 7.34. The summed E-state index contributed by atoms with van der Waals surface area (Å²) in [6.07, 6.45) is 0. The van der Waals surface area contributed by atoms with Crippen molar-refractivity contribution in [3.05, 3.63) is 23.8 Å². The van der Waals surface area contributed by atoms with Gasteiger partial charge in [0.2, 0.25) is 0 Å². The van der Waals surface area contributed by atoms with Gasteiger partial charge >= 0.3 is 0 Å². The van der Waals surface area contributed by atoms with Crippen LogP contribution in [0.15, 0.2) is 18.2 Å². The third kappa shape index (κ3) is 5.69. The van der Waals surface area contributed by atoms with Crippen molar-refractivity contribution < 1.29 is 14.3 Å². The summed E-state index contributed by atoms with van der Waals surface area (Å²) in [5.74, 6) is 1.61. The Morgan fingerprint density at radius 3 is 2.71 bits per heavy atom. The van der Waals surface area contributed by atoms with Crippen molar-refractivity contribution in [3.63, 3.8) is 0 Å². The summed E-state index contributed by atoms with van der Waals surface area (Å²) in [5.41, 5.74) is 0.587. The zero-order valence-electron chi connectivity index (χ0n) is 14.9. The van der Waals surface area contributed by atoms with Crippen LogP contribution in [0.2, 0.25) is 0 Å². The monoisotopic (exact) mass is 335 g/mol. The van der Waals surface area contributed by atoms with E-state index in [2.05, 4.69) is 29.4 Å². The number of piperazine rings is 1. The number of carbonyl (C=O) groups excluding carboxylic acids is 1. The third-order valence-corrected chi connectivity index (χ3v) is 3.92. The minimum Gasteiger partial charge on any atom is -0.493 e. The van der Waals surface area contributed by atoms with Crippen molar-refractivity contribution in [2.45, 2.75) is 13.8 Å². The molecular formula is C18H29N3O3. The maximum atomic E-state index is 12.3. The highest BCUT2D eigenvalue weighted by atomic mass is 16.5. The molecule has 1 aliphatic rings. The molecular weight excluding hydrogens is 306 g/mol. The number of nitrogens with one attached hydrogen (secondary N) is 2. The van der Waals surface area contributed by atoms with E-state index >= 15 is 0 Å². The molecule has 24 heavy (non-hydrogen) atoms. The fraction of sp³-hybridized carbons (Fsp3) is 0.611. The van der Waals surface area contributed by atoms with E-state index in [-0.39, 0.29) is 5.91 Å². The van der Waals surface area contributed by atoms with Gasteiger partial charge < -0.3 is 20.1 Å². The van der Waals surface area contributed by atoms with Gasteiger partial charge in [-0.05, 0) is 24.1 Å². The average Bonchev–Trinajstić information content (AvgIpc) is 2.60. The van der Waals surface area contributed by atoms with E-state index in [9.17, 15) is 4.79 Å². The van der Waals surface area contributed by atoms with Gasteiger partial charge in [0.25, 0.3) is 5.91 Å². The summed E-state index contributed by atoms with van der Waals surface area (Å²) in [6.45, 7) is 10.4. The third-order valence-electron chi connectivity index (χ3n) is 3.92. The highest BCUT2D eigenvalue weighted by Crippen LogP contribution is 2.28. The fourth-order valence-corrected chi connectivity index (χ4v) is 2.55. The summed E-state index contributed by atoms with van der Waals surface area (Å²) < 4.78 is 11.1. The van der Waals surface area contributed by atoms with E-state index in [1.54, 1.807) is 25.3 Å². The van der Waals surface area contributed by atoms with Crippen LogP contribution in [-0.4, -0.2) is 63.8 Å². The first-order valence-electron chi connectivity index (χ1n) is 8.62. The first kappa shape index (κ1) is 18.5. The summed E-state index contributed by atoms with van der Waals surface area (Å²) >= 11 is 0. The predicted molar refractivity (Wildman–Crippen MR) is 95.0 cm³/mol. The second-order valence-corrected chi connectivity index (χ2v) is 6.42. The first-order valence-corrected chi connectivity index (χ1v) is 8.62. The molecule has 2 N–H and O–H groups in total. The van der Waals surface area contributed by atoms with E-state index in [1.807, 2.05) is 0 Å². The molecule has 0 aromatic heterocycles. The van der Waals surface area contributed by atoms with Crippen molar-refractivity contribution in [2.75, 3.05) is 53.0 Å². The molecule has 1 saturated heterocycles. The zero-order valence-corrected chi connectivity index (χ0v) is 14.9. The molecule has 0 unspecified atom stereocenters. The van der Waals surface area contributed by atoms with Gasteiger partial charge in [-0.15, -0.1) is 0 Å². The molecule has 1 fully saturated rings. The van der Waals surface area contributed by atoms with E-state index in [4.69, 9.17) is 9.47 Å². The van der Waals surface area contributed by atoms with Crippen LogP contribution in [0.4, 0.5) is 0 Å². The fourth-order valence-electron chi connectivity index (χ4n) is 2.55. The van der Waals surface area contributed by atoms with Crippen molar-refractivity contribution in [2.24, 2.45) is 5.92 Å². The highest BCUT2D eigenvalue weighted by molar-refractivity contribution is 5.94. The van der Waals surface area contributed by atoms with Crippen LogP contribution in [0.5, 0.6) is 11.5 Å². The van der Waals surface area contributed by atoms with Crippen molar-refractivity contribution >= 4 is 5.91 Å². The Hall–Kier alpha value is -1.79. The van der Waals surface area contributed by atoms with Gasteiger partial charge in [-0.25, -0.2) is 0 Å². The Morgan fingerprint density at radius 2 is 2.04 bits per heavy atom. The van der Waals surface area contributed by atoms with Crippen LogP contribution in [0.25, 0.3) is 0 Å². The molecule has 0 atom stereocenters. The Balaban J connectivity index is 1.86. The molecule has 1 aliphatic heterocycles. The normalized spacial score (nSPS) is 15.3. The molecule has 6 nitrogen and oxygen atoms in total. The lowest BCUT2D eigenvalue weighted by atomic mass is 10.2. The highest BCUT2D eigenvalue weighted by Gasteiger charge is 2.13. The molecule has 1 aromatic carbocycles. The summed E-state index contributed by atoms with van der Waals surface area (Å²) in [5, 5.41) is 6.29. The smallest absolute Gasteiger partial charge is 0.251 e. The van der Waals surface area contributed by atoms with E-state index in [1.165, 1.54) is 0 Å². The maximum absolute atomic E-state index is 12.3. The van der Waals surface area contributed by atoms with Crippen LogP contribution in [0, 0.1) is 5.92 Å². The van der Waals surface area contributed by atoms with E-state index in [0.717, 1.165) is 32.7 Å². The van der Waals surface area contributed by atoms with Crippen LogP contribution in [0.1, 0.15) is 24.2 Å². The molecule has 2 rings (SSSR count). The Labute approximate surface area is 144 Å². The molecule has 134 valence electrons. The summed E-state index contributed by atoms with van der Waals surface area (Å²) in [7, 11) is 1.59. The van der Waals surface area contributed by atoms with Crippen molar-refractivity contribution in [3.8, 4) is 11.5 Å². The first-order chi connectivity index (χ1) is 11.6. The number of rotatable bonds is 8. The number of nitrogens with zero attached hydrogens (tertiary/aromatic N) is 1. The molecule has 0 saturated carbocycles. The summed E-state index contributed by atoms with van der Waals surface area (Å²) in [4.78, 5) is 14.6. The topological polar surface area (TPSA) is 62.8 Å². The van der Waals surface area contributed by atoms with Crippen LogP contribution >= 0.6 is 0 Å². The number of amides is 1. The van der Waals surface area contributed by atoms with Gasteiger partial charge in [-0.2, -0.15) is 0 Å². The zero-order chi connectivity index (χ0) is 17.4. The number of hydrogen-bond donors (Lipinski definition) is 2. The van der Waals surface area contributed by atoms with Crippen LogP contribution in [-0.2, 0) is 0 Å². The number of benzene rings is 1. The quantitative estimate of drug-likeness (QED) is 0.751. The lowest BCUT2D eigenvalue weighted by Gasteiger charge is -2.27. The van der Waals surface area contributed by atoms with Crippen LogP contribution in [0.3, 0.4) is 0 Å². The largest absolute Gasteiger partial charge is 0.493 e. The number of ether oxygens (including phenoxy) is 2. The minimum atomic E-state index is -0.0844. The minimum absolute atomic E-state index is 0.0844. The molecule has 1 amide bonds. The maximum Gasteiger partial charge on any atom is 0.251 e. The lowest BCUT2D eigenvalue weighted by Crippen LogP contribution is -2.46. The molecule has 0 radical (unpaired) electrons. The van der Waals surface area contributed by atoms with Crippen molar-refractivity contribution in [1.82, 2.24) is 15.5 Å². The molecule has 0 bridgehead atoms. The van der Waals surface area contributed by atoms with Gasteiger partial charge in [-0.1, -0.05) is 13.8 Å². The van der Waals surface area contributed by atoms with Crippen LogP contribution < -0.4 is 20.1 Å². The van der Waals surface area contributed by atoms with Gasteiger partial charge in [0, 0.05) is 44.8 Å². The Bertz CT molecular complexity index is 528. The van der Waals surface area contributed by atoms with Gasteiger partial charge in [0.1, 0.15) is 0 Å². The molecule has 1 heterocycles.